The molecule has 0 atom stereocenters. The third kappa shape index (κ3) is 8.39. The Kier molecular flexibility index (Phi) is 9.29. The lowest BCUT2D eigenvalue weighted by Gasteiger charge is -2.19. The second-order valence-corrected chi connectivity index (χ2v) is 9.71. The van der Waals surface area contributed by atoms with Crippen LogP contribution in [0, 0.1) is 0 Å². The molecular weight excluding hydrogens is 500 g/mol. The number of carbonyl (C=O) groups excluding carboxylic acids is 2. The van der Waals surface area contributed by atoms with E-state index < -0.39 is 11.7 Å². The first-order valence-corrected chi connectivity index (χ1v) is 12.8. The van der Waals surface area contributed by atoms with E-state index in [4.69, 9.17) is 14.2 Å². The van der Waals surface area contributed by atoms with E-state index in [2.05, 4.69) is 25.9 Å². The number of pyridine rings is 2. The summed E-state index contributed by atoms with van der Waals surface area (Å²) in [6, 6.07) is 15.0. The minimum Gasteiger partial charge on any atom is -0.444 e. The van der Waals surface area contributed by atoms with Crippen molar-refractivity contribution in [2.24, 2.45) is 0 Å². The summed E-state index contributed by atoms with van der Waals surface area (Å²) in [7, 11) is 0. The average molecular weight is 535 g/mol. The number of anilines is 2. The van der Waals surface area contributed by atoms with E-state index in [1.807, 2.05) is 55.6 Å². The van der Waals surface area contributed by atoms with Crippen LogP contribution in [0.25, 0.3) is 16.7 Å². The van der Waals surface area contributed by atoms with Crippen LogP contribution in [0.4, 0.5) is 16.3 Å². The summed E-state index contributed by atoms with van der Waals surface area (Å²) >= 11 is 0. The predicted molar refractivity (Wildman–Crippen MR) is 149 cm³/mol. The monoisotopic (exact) mass is 534 g/mol. The maximum atomic E-state index is 12.8. The zero-order valence-corrected chi connectivity index (χ0v) is 22.4. The predicted octanol–water partition coefficient (Wildman–Crippen LogP) is 4.10. The van der Waals surface area contributed by atoms with Crippen LogP contribution in [0.5, 0.6) is 0 Å². The van der Waals surface area contributed by atoms with E-state index in [0.717, 1.165) is 11.0 Å². The fourth-order valence-electron chi connectivity index (χ4n) is 3.69. The second kappa shape index (κ2) is 13.0. The summed E-state index contributed by atoms with van der Waals surface area (Å²) in [6.45, 7) is 8.09. The molecule has 3 aromatic heterocycles. The van der Waals surface area contributed by atoms with Crippen molar-refractivity contribution < 1.29 is 23.8 Å². The summed E-state index contributed by atoms with van der Waals surface area (Å²) in [5, 5.41) is 8.67. The van der Waals surface area contributed by atoms with E-state index in [0.29, 0.717) is 62.2 Å². The second-order valence-electron chi connectivity index (χ2n) is 9.71. The van der Waals surface area contributed by atoms with Gasteiger partial charge in [-0.25, -0.2) is 14.8 Å². The number of imidazole rings is 1. The third-order valence-corrected chi connectivity index (χ3v) is 5.43. The Labute approximate surface area is 226 Å². The van der Waals surface area contributed by atoms with Gasteiger partial charge in [0, 0.05) is 24.8 Å². The largest absolute Gasteiger partial charge is 0.444 e. The molecule has 3 heterocycles. The van der Waals surface area contributed by atoms with Crippen LogP contribution in [-0.2, 0) is 14.2 Å². The normalized spacial score (nSPS) is 11.5. The van der Waals surface area contributed by atoms with Gasteiger partial charge in [-0.05, 0) is 57.2 Å². The molecule has 0 saturated heterocycles. The summed E-state index contributed by atoms with van der Waals surface area (Å²) in [5.41, 5.74) is 3.17. The maximum Gasteiger partial charge on any atom is 0.407 e. The van der Waals surface area contributed by atoms with E-state index in [9.17, 15) is 9.59 Å². The Balaban J connectivity index is 1.10. The van der Waals surface area contributed by atoms with Gasteiger partial charge in [0.05, 0.1) is 49.3 Å². The molecule has 0 aliphatic rings. The number of carbonyl (C=O) groups is 2. The molecule has 0 unspecified atom stereocenters. The van der Waals surface area contributed by atoms with Gasteiger partial charge in [-0.15, -0.1) is 0 Å². The lowest BCUT2D eigenvalue weighted by Crippen LogP contribution is -2.34. The molecular formula is C28H34N6O5. The molecule has 2 amide bonds. The fourth-order valence-corrected chi connectivity index (χ4v) is 3.69. The molecule has 3 N–H and O–H groups in total. The van der Waals surface area contributed by atoms with E-state index in [1.54, 1.807) is 30.5 Å². The highest BCUT2D eigenvalue weighted by Crippen LogP contribution is 2.18. The van der Waals surface area contributed by atoms with Crippen molar-refractivity contribution >= 4 is 40.2 Å². The van der Waals surface area contributed by atoms with Crippen LogP contribution >= 0.6 is 0 Å². The summed E-state index contributed by atoms with van der Waals surface area (Å²) in [5.74, 6) is 0.440. The first kappa shape index (κ1) is 27.8. The Bertz CT molecular complexity index is 1400. The molecule has 0 saturated carbocycles. The smallest absolute Gasteiger partial charge is 0.407 e. The van der Waals surface area contributed by atoms with Gasteiger partial charge >= 0.3 is 6.09 Å². The average Bonchev–Trinajstić information content (AvgIpc) is 3.27. The highest BCUT2D eigenvalue weighted by molar-refractivity contribution is 6.05. The Morgan fingerprint density at radius 2 is 1.72 bits per heavy atom. The van der Waals surface area contributed by atoms with E-state index in [1.165, 1.54) is 0 Å². The molecule has 11 heteroatoms. The fraction of sp³-hybridized carbons (Fsp3) is 0.357. The molecule has 11 nitrogen and oxygen atoms in total. The van der Waals surface area contributed by atoms with Crippen LogP contribution in [0.15, 0.2) is 60.9 Å². The van der Waals surface area contributed by atoms with Crippen molar-refractivity contribution in [2.75, 3.05) is 50.2 Å². The zero-order chi connectivity index (χ0) is 27.7. The highest BCUT2D eigenvalue weighted by atomic mass is 16.6. The zero-order valence-electron chi connectivity index (χ0n) is 22.4. The molecule has 0 fully saturated rings. The molecule has 1 aromatic carbocycles. The van der Waals surface area contributed by atoms with Crippen molar-refractivity contribution in [3.8, 4) is 0 Å². The first-order chi connectivity index (χ1) is 18.8. The number of amides is 2. The Hall–Kier alpha value is -4.22. The number of hydrogen-bond acceptors (Lipinski definition) is 8. The highest BCUT2D eigenvalue weighted by Gasteiger charge is 2.15. The number of hydrogen-bond donors (Lipinski definition) is 3. The lowest BCUT2D eigenvalue weighted by atomic mass is 10.2. The Morgan fingerprint density at radius 1 is 0.949 bits per heavy atom. The molecule has 0 bridgehead atoms. The number of ether oxygens (including phenoxy) is 3. The molecule has 206 valence electrons. The third-order valence-electron chi connectivity index (χ3n) is 5.43. The van der Waals surface area contributed by atoms with Gasteiger partial charge in [-0.1, -0.05) is 12.1 Å². The van der Waals surface area contributed by atoms with Crippen LogP contribution < -0.4 is 16.0 Å². The number of fused-ring (bicyclic) bond motifs is 3. The van der Waals surface area contributed by atoms with Crippen LogP contribution in [-0.4, -0.2) is 71.5 Å². The first-order valence-electron chi connectivity index (χ1n) is 12.8. The molecule has 0 aliphatic heterocycles. The lowest BCUT2D eigenvalue weighted by molar-refractivity contribution is 0.0415. The van der Waals surface area contributed by atoms with Gasteiger partial charge in [0.1, 0.15) is 17.1 Å². The SMILES string of the molecule is CC(C)(C)OC(=O)NCCOCCOCCNc1ccc(NC(=O)c2ccn3c(c2)nc2ccccc23)cn1. The number of nitrogens with one attached hydrogen (secondary N) is 3. The maximum absolute atomic E-state index is 12.8. The minimum absolute atomic E-state index is 0.233. The molecule has 0 aliphatic carbocycles. The number of rotatable bonds is 12. The van der Waals surface area contributed by atoms with Crippen LogP contribution in [0.3, 0.4) is 0 Å². The minimum atomic E-state index is -0.520. The summed E-state index contributed by atoms with van der Waals surface area (Å²) < 4.78 is 18.1. The van der Waals surface area contributed by atoms with Crippen molar-refractivity contribution in [1.29, 1.82) is 0 Å². The number of nitrogens with zero attached hydrogens (tertiary/aromatic N) is 3. The van der Waals surface area contributed by atoms with E-state index in [-0.39, 0.29) is 5.91 Å². The topological polar surface area (TPSA) is 128 Å². The van der Waals surface area contributed by atoms with Crippen molar-refractivity contribution in [3.63, 3.8) is 0 Å². The van der Waals surface area contributed by atoms with Crippen molar-refractivity contribution in [2.45, 2.75) is 26.4 Å². The van der Waals surface area contributed by atoms with Crippen LogP contribution in [0.1, 0.15) is 31.1 Å². The van der Waals surface area contributed by atoms with Gasteiger partial charge < -0.3 is 30.2 Å². The standard InChI is InChI=1S/C28H34N6O5/c1-28(2,3)39-27(36)30-12-15-38-17-16-37-14-11-29-24-9-8-21(19-31-24)32-26(35)20-10-13-34-23-7-5-4-6-22(23)33-25(34)18-20/h4-10,13,18-19H,11-12,14-17H2,1-3H3,(H,29,31)(H,30,36)(H,32,35). The van der Waals surface area contributed by atoms with Gasteiger partial charge in [-0.3, -0.25) is 9.20 Å². The number of alkyl carbamates (subject to hydrolysis) is 1. The van der Waals surface area contributed by atoms with Gasteiger partial charge in [0.25, 0.3) is 5.91 Å². The van der Waals surface area contributed by atoms with Gasteiger partial charge in [-0.2, -0.15) is 0 Å². The summed E-state index contributed by atoms with van der Waals surface area (Å²) in [6.07, 6.45) is 2.99. The number of para-hydroxylation sites is 2. The molecule has 0 radical (unpaired) electrons. The summed E-state index contributed by atoms with van der Waals surface area (Å²) in [4.78, 5) is 33.2. The number of benzene rings is 1. The Morgan fingerprint density at radius 3 is 2.46 bits per heavy atom. The molecule has 39 heavy (non-hydrogen) atoms. The van der Waals surface area contributed by atoms with Crippen molar-refractivity contribution in [1.82, 2.24) is 19.7 Å². The van der Waals surface area contributed by atoms with Gasteiger partial charge in [0.2, 0.25) is 0 Å². The van der Waals surface area contributed by atoms with Gasteiger partial charge in [0.15, 0.2) is 0 Å². The number of aromatic nitrogens is 3. The van der Waals surface area contributed by atoms with Crippen molar-refractivity contribution in [3.05, 3.63) is 66.5 Å². The molecule has 4 aromatic rings. The molecule has 4 rings (SSSR count). The van der Waals surface area contributed by atoms with E-state index >= 15 is 0 Å². The quantitative estimate of drug-likeness (QED) is 0.232. The van der Waals surface area contributed by atoms with Crippen LogP contribution in [0.2, 0.25) is 0 Å². The molecule has 0 spiro atoms.